The van der Waals surface area contributed by atoms with E-state index < -0.39 is 7.26 Å². The van der Waals surface area contributed by atoms with Crippen LogP contribution in [0.4, 0.5) is 0 Å². The minimum absolute atomic E-state index is 0. The van der Waals surface area contributed by atoms with Crippen LogP contribution in [0.2, 0.25) is 0 Å². The number of rotatable bonds is 8. The number of esters is 1. The fraction of sp³-hybridized carbons (Fsp3) is 0.0294. The van der Waals surface area contributed by atoms with E-state index >= 15 is 0 Å². The average Bonchev–Trinajstić information content (AvgIpc) is 2.96. The van der Waals surface area contributed by atoms with Crippen molar-refractivity contribution in [3.63, 3.8) is 0 Å². The third kappa shape index (κ3) is 6.02. The first kappa shape index (κ1) is 27.3. The highest BCUT2D eigenvalue weighted by atomic mass is 79.9. The Bertz CT molecular complexity index is 1360. The molecule has 0 unspecified atom stereocenters. The highest BCUT2D eigenvalue weighted by molar-refractivity contribution is 7.99. The Hall–Kier alpha value is -3.78. The molecule has 0 radical (unpaired) electrons. The zero-order chi connectivity index (χ0) is 25.3. The number of carbonyl (C=O) groups is 1. The smallest absolute Gasteiger partial charge is 0.318 e. The van der Waals surface area contributed by atoms with Crippen LogP contribution in [-0.2, 0) is 16.0 Å². The van der Waals surface area contributed by atoms with Gasteiger partial charge in [0.2, 0.25) is 0 Å². The lowest BCUT2D eigenvalue weighted by molar-refractivity contribution is -0.137. The van der Waals surface area contributed by atoms with E-state index in [-0.39, 0.29) is 29.4 Å². The third-order valence-electron chi connectivity index (χ3n) is 6.26. The van der Waals surface area contributed by atoms with Crippen LogP contribution in [0.3, 0.4) is 0 Å². The van der Waals surface area contributed by atoms with Crippen LogP contribution >= 0.6 is 7.26 Å². The summed E-state index contributed by atoms with van der Waals surface area (Å²) >= 11 is 0. The summed E-state index contributed by atoms with van der Waals surface area (Å²) in [5.74, 6) is -0.277. The molecule has 0 aromatic heterocycles. The van der Waals surface area contributed by atoms with Crippen LogP contribution in [0.25, 0.3) is 6.08 Å². The molecule has 2 nitrogen and oxygen atoms in total. The van der Waals surface area contributed by atoms with Gasteiger partial charge in [-0.2, -0.15) is 0 Å². The molecule has 4 heteroatoms. The lowest BCUT2D eigenvalue weighted by atomic mass is 10.2. The van der Waals surface area contributed by atoms with E-state index in [9.17, 15) is 4.79 Å². The second-order valence-corrected chi connectivity index (χ2v) is 12.0. The van der Waals surface area contributed by atoms with Crippen molar-refractivity contribution in [3.05, 3.63) is 168 Å². The molecule has 0 spiro atoms. The second kappa shape index (κ2) is 13.1. The van der Waals surface area contributed by atoms with E-state index in [1.165, 1.54) is 0 Å². The zero-order valence-electron chi connectivity index (χ0n) is 20.9. The van der Waals surface area contributed by atoms with Crippen molar-refractivity contribution in [2.45, 2.75) is 6.42 Å². The maximum absolute atomic E-state index is 13.5. The quantitative estimate of drug-likeness (QED) is 0.159. The van der Waals surface area contributed by atoms with Crippen LogP contribution in [0, 0.1) is 0 Å². The maximum atomic E-state index is 13.5. The summed E-state index contributed by atoms with van der Waals surface area (Å²) in [5.41, 5.74) is 2.58. The first-order chi connectivity index (χ1) is 18.3. The molecule has 5 rings (SSSR count). The fourth-order valence-corrected chi connectivity index (χ4v) is 8.68. The van der Waals surface area contributed by atoms with E-state index in [4.69, 9.17) is 4.74 Å². The minimum atomic E-state index is -2.57. The van der Waals surface area contributed by atoms with E-state index in [0.717, 1.165) is 27.0 Å². The van der Waals surface area contributed by atoms with Gasteiger partial charge in [0.15, 0.2) is 7.26 Å². The highest BCUT2D eigenvalue weighted by Gasteiger charge is 2.52. The molecule has 0 amide bonds. The van der Waals surface area contributed by atoms with Gasteiger partial charge in [0.25, 0.3) is 5.50 Å². The maximum Gasteiger partial charge on any atom is 0.318 e. The molecule has 188 valence electrons. The standard InChI is InChI=1S/C34H28O2P.BrH/c35-33(26-28-16-6-1-7-17-28)36-34(27-29-18-8-2-9-19-29)37(30-20-10-3-11-21-30,31-22-12-4-13-23-31)32-24-14-5-15-25-32;/h1-25,27H,26H2;1H/q+1;/p-1/b34-27+;. The van der Waals surface area contributed by atoms with Crippen LogP contribution in [-0.4, -0.2) is 5.97 Å². The van der Waals surface area contributed by atoms with Crippen LogP contribution in [0.1, 0.15) is 11.1 Å². The number of hydrogen-bond donors (Lipinski definition) is 0. The van der Waals surface area contributed by atoms with Gasteiger partial charge in [0.1, 0.15) is 15.9 Å². The van der Waals surface area contributed by atoms with Crippen LogP contribution in [0.5, 0.6) is 0 Å². The van der Waals surface area contributed by atoms with Gasteiger partial charge >= 0.3 is 5.97 Å². The Morgan fingerprint density at radius 3 is 1.34 bits per heavy atom. The summed E-state index contributed by atoms with van der Waals surface area (Å²) in [6.45, 7) is 0. The Balaban J connectivity index is 0.00000336. The largest absolute Gasteiger partial charge is 1.00 e. The first-order valence-electron chi connectivity index (χ1n) is 12.3. The zero-order valence-corrected chi connectivity index (χ0v) is 23.3. The molecule has 0 N–H and O–H groups in total. The molecule has 0 aliphatic carbocycles. The van der Waals surface area contributed by atoms with Crippen LogP contribution in [0.15, 0.2) is 157 Å². The molecule has 38 heavy (non-hydrogen) atoms. The van der Waals surface area contributed by atoms with Gasteiger partial charge in [-0.15, -0.1) is 0 Å². The molecular weight excluding hydrogens is 551 g/mol. The summed E-state index contributed by atoms with van der Waals surface area (Å²) < 4.78 is 6.46. The van der Waals surface area contributed by atoms with E-state index in [1.54, 1.807) is 0 Å². The monoisotopic (exact) mass is 578 g/mol. The van der Waals surface area contributed by atoms with Crippen molar-refractivity contribution >= 4 is 35.2 Å². The molecule has 0 saturated carbocycles. The summed E-state index contributed by atoms with van der Waals surface area (Å²) in [4.78, 5) is 13.5. The van der Waals surface area contributed by atoms with Gasteiger partial charge in [-0.25, -0.2) is 0 Å². The lowest BCUT2D eigenvalue weighted by Crippen LogP contribution is -3.00. The number of ether oxygens (including phenoxy) is 1. The number of carbonyl (C=O) groups excluding carboxylic acids is 1. The van der Waals surface area contributed by atoms with Crippen molar-refractivity contribution < 1.29 is 26.5 Å². The molecule has 0 heterocycles. The molecule has 0 aliphatic rings. The predicted molar refractivity (Wildman–Crippen MR) is 156 cm³/mol. The topological polar surface area (TPSA) is 26.3 Å². The van der Waals surface area contributed by atoms with Crippen molar-refractivity contribution in [1.29, 1.82) is 0 Å². The molecule has 0 bridgehead atoms. The van der Waals surface area contributed by atoms with Gasteiger partial charge in [0.05, 0.1) is 6.42 Å². The number of benzene rings is 5. The Labute approximate surface area is 235 Å². The normalized spacial score (nSPS) is 11.3. The Morgan fingerprint density at radius 2 is 0.921 bits per heavy atom. The third-order valence-corrected chi connectivity index (χ3v) is 10.4. The van der Waals surface area contributed by atoms with Gasteiger partial charge < -0.3 is 21.7 Å². The molecule has 0 saturated heterocycles. The minimum Gasteiger partial charge on any atom is -1.00 e. The highest BCUT2D eigenvalue weighted by Crippen LogP contribution is 2.63. The molecule has 0 fully saturated rings. The summed E-state index contributed by atoms with van der Waals surface area (Å²) in [7, 11) is -2.57. The van der Waals surface area contributed by atoms with Crippen molar-refractivity contribution in [3.8, 4) is 0 Å². The average molecular weight is 579 g/mol. The SMILES string of the molecule is O=C(Cc1ccccc1)O/C(=C\c1ccccc1)[P+](c1ccccc1)(c1ccccc1)c1ccccc1.[Br-]. The molecular formula is C34H28BrO2P. The molecule has 5 aromatic rings. The van der Waals surface area contributed by atoms with E-state index in [0.29, 0.717) is 5.50 Å². The molecule has 5 aromatic carbocycles. The summed E-state index contributed by atoms with van der Waals surface area (Å²) in [6, 6.07) is 51.1. The van der Waals surface area contributed by atoms with Gasteiger partial charge in [0, 0.05) is 6.08 Å². The Kier molecular flexibility index (Phi) is 9.43. The van der Waals surface area contributed by atoms with E-state index in [2.05, 4.69) is 72.8 Å². The lowest BCUT2D eigenvalue weighted by Gasteiger charge is -2.28. The van der Waals surface area contributed by atoms with E-state index in [1.807, 2.05) is 84.9 Å². The van der Waals surface area contributed by atoms with Crippen molar-refractivity contribution in [2.75, 3.05) is 0 Å². The number of halogens is 1. The summed E-state index contributed by atoms with van der Waals surface area (Å²) in [6.07, 6.45) is 2.25. The number of hydrogen-bond acceptors (Lipinski definition) is 2. The molecule has 0 aliphatic heterocycles. The van der Waals surface area contributed by atoms with Crippen molar-refractivity contribution in [1.82, 2.24) is 0 Å². The van der Waals surface area contributed by atoms with Gasteiger partial charge in [-0.05, 0) is 47.5 Å². The summed E-state index contributed by atoms with van der Waals surface area (Å²) in [5, 5.41) is 3.38. The van der Waals surface area contributed by atoms with Gasteiger partial charge in [-0.3, -0.25) is 4.79 Å². The predicted octanol–water partition coefficient (Wildman–Crippen LogP) is 3.77. The van der Waals surface area contributed by atoms with Crippen LogP contribution < -0.4 is 32.9 Å². The van der Waals surface area contributed by atoms with Gasteiger partial charge in [-0.1, -0.05) is 115 Å². The Morgan fingerprint density at radius 1 is 0.553 bits per heavy atom. The second-order valence-electron chi connectivity index (χ2n) is 8.71. The fourth-order valence-electron chi connectivity index (χ4n) is 4.59. The molecule has 0 atom stereocenters. The first-order valence-corrected chi connectivity index (χ1v) is 14.1. The van der Waals surface area contributed by atoms with Crippen molar-refractivity contribution in [2.24, 2.45) is 0 Å².